The highest BCUT2D eigenvalue weighted by Crippen LogP contribution is 2.21. The van der Waals surface area contributed by atoms with Crippen molar-refractivity contribution in [2.45, 2.75) is 4.90 Å². The van der Waals surface area contributed by atoms with Crippen LogP contribution in [0.4, 0.5) is 0 Å². The van der Waals surface area contributed by atoms with Crippen molar-refractivity contribution in [3.05, 3.63) is 28.2 Å². The second-order valence-electron chi connectivity index (χ2n) is 2.86. The Kier molecular flexibility index (Phi) is 3.39. The van der Waals surface area contributed by atoms with Gasteiger partial charge in [-0.1, -0.05) is 0 Å². The highest BCUT2D eigenvalue weighted by atomic mass is 79.9. The van der Waals surface area contributed by atoms with Crippen LogP contribution in [0.3, 0.4) is 0 Å². The first-order valence-electron chi connectivity index (χ1n) is 3.72. The molecule has 0 fully saturated rings. The molecule has 0 bridgehead atoms. The second kappa shape index (κ2) is 4.15. The van der Waals surface area contributed by atoms with E-state index in [2.05, 4.69) is 28.6 Å². The zero-order chi connectivity index (χ0) is 10.0. The summed E-state index contributed by atoms with van der Waals surface area (Å²) in [4.78, 5) is 13.9. The van der Waals surface area contributed by atoms with Gasteiger partial charge in [0.05, 0.1) is 5.56 Å². The summed E-state index contributed by atoms with van der Waals surface area (Å²) in [6.45, 7) is 0. The third-order valence-electron chi connectivity index (χ3n) is 1.59. The number of halogens is 1. The molecule has 2 nitrogen and oxygen atoms in total. The van der Waals surface area contributed by atoms with Gasteiger partial charge in [0.25, 0.3) is 5.91 Å². The lowest BCUT2D eigenvalue weighted by Gasteiger charge is -2.11. The van der Waals surface area contributed by atoms with Gasteiger partial charge in [0.15, 0.2) is 0 Å². The zero-order valence-corrected chi connectivity index (χ0v) is 9.89. The van der Waals surface area contributed by atoms with Crippen LogP contribution in [0.2, 0.25) is 0 Å². The van der Waals surface area contributed by atoms with Crippen LogP contribution >= 0.6 is 28.6 Å². The van der Waals surface area contributed by atoms with E-state index in [-0.39, 0.29) is 5.91 Å². The molecule has 0 aromatic heterocycles. The molecule has 0 saturated heterocycles. The number of benzene rings is 1. The number of nitrogens with zero attached hydrogens (tertiary/aromatic N) is 1. The van der Waals surface area contributed by atoms with Crippen molar-refractivity contribution in [2.24, 2.45) is 0 Å². The van der Waals surface area contributed by atoms with Crippen molar-refractivity contribution in [3.63, 3.8) is 0 Å². The summed E-state index contributed by atoms with van der Waals surface area (Å²) in [6, 6.07) is 5.40. The predicted molar refractivity (Wildman–Crippen MR) is 59.4 cm³/mol. The van der Waals surface area contributed by atoms with Crippen LogP contribution in [0.15, 0.2) is 27.6 Å². The number of thiol groups is 1. The number of carbonyl (C=O) groups is 1. The lowest BCUT2D eigenvalue weighted by atomic mass is 10.2. The fourth-order valence-corrected chi connectivity index (χ4v) is 1.54. The van der Waals surface area contributed by atoms with Gasteiger partial charge >= 0.3 is 0 Å². The molecule has 0 atom stereocenters. The van der Waals surface area contributed by atoms with Gasteiger partial charge in [0.2, 0.25) is 0 Å². The molecular weight excluding hydrogens is 250 g/mol. The highest BCUT2D eigenvalue weighted by Gasteiger charge is 2.11. The lowest BCUT2D eigenvalue weighted by molar-refractivity contribution is 0.0826. The van der Waals surface area contributed by atoms with Gasteiger partial charge in [0.1, 0.15) is 0 Å². The maximum absolute atomic E-state index is 11.6. The Hall–Kier alpha value is -0.480. The quantitative estimate of drug-likeness (QED) is 0.769. The summed E-state index contributed by atoms with van der Waals surface area (Å²) >= 11 is 7.49. The van der Waals surface area contributed by atoms with E-state index in [9.17, 15) is 4.79 Å². The molecule has 0 unspecified atom stereocenters. The Bertz CT molecular complexity index is 338. The molecule has 0 heterocycles. The number of hydrogen-bond acceptors (Lipinski definition) is 2. The van der Waals surface area contributed by atoms with Crippen molar-refractivity contribution >= 4 is 34.5 Å². The SMILES string of the molecule is CN(C)C(=O)c1cc(S)ccc1Br. The van der Waals surface area contributed by atoms with Crippen LogP contribution in [0.5, 0.6) is 0 Å². The average Bonchev–Trinajstić information content (AvgIpc) is 2.08. The minimum absolute atomic E-state index is 0.0252. The monoisotopic (exact) mass is 259 g/mol. The molecule has 4 heteroatoms. The molecule has 0 aliphatic heterocycles. The summed E-state index contributed by atoms with van der Waals surface area (Å²) in [5, 5.41) is 0. The number of hydrogen-bond donors (Lipinski definition) is 1. The fourth-order valence-electron chi connectivity index (χ4n) is 0.918. The van der Waals surface area contributed by atoms with E-state index in [1.165, 1.54) is 4.90 Å². The van der Waals surface area contributed by atoms with Crippen molar-refractivity contribution in [2.75, 3.05) is 14.1 Å². The second-order valence-corrected chi connectivity index (χ2v) is 4.23. The van der Waals surface area contributed by atoms with E-state index < -0.39 is 0 Å². The minimum atomic E-state index is -0.0252. The highest BCUT2D eigenvalue weighted by molar-refractivity contribution is 9.10. The molecule has 0 aliphatic rings. The van der Waals surface area contributed by atoms with Gasteiger partial charge < -0.3 is 4.90 Å². The molecule has 0 saturated carbocycles. The predicted octanol–water partition coefficient (Wildman–Crippen LogP) is 2.44. The van der Waals surface area contributed by atoms with E-state index >= 15 is 0 Å². The molecule has 0 N–H and O–H groups in total. The first-order chi connectivity index (χ1) is 6.02. The largest absolute Gasteiger partial charge is 0.345 e. The summed E-state index contributed by atoms with van der Waals surface area (Å²) in [5.41, 5.74) is 0.637. The average molecular weight is 260 g/mol. The minimum Gasteiger partial charge on any atom is -0.345 e. The summed E-state index contributed by atoms with van der Waals surface area (Å²) in [7, 11) is 3.44. The van der Waals surface area contributed by atoms with Crippen LogP contribution in [0, 0.1) is 0 Å². The van der Waals surface area contributed by atoms with E-state index in [0.29, 0.717) is 5.56 Å². The summed E-state index contributed by atoms with van der Waals surface area (Å²) in [5.74, 6) is -0.0252. The van der Waals surface area contributed by atoms with Crippen molar-refractivity contribution in [1.82, 2.24) is 4.90 Å². The Labute approximate surface area is 91.5 Å². The Morgan fingerprint density at radius 2 is 2.08 bits per heavy atom. The van der Waals surface area contributed by atoms with Crippen molar-refractivity contribution in [3.8, 4) is 0 Å². The number of carbonyl (C=O) groups excluding carboxylic acids is 1. The van der Waals surface area contributed by atoms with Crippen LogP contribution in [-0.2, 0) is 0 Å². The fraction of sp³-hybridized carbons (Fsp3) is 0.222. The third kappa shape index (κ3) is 2.48. The lowest BCUT2D eigenvalue weighted by Crippen LogP contribution is -2.22. The topological polar surface area (TPSA) is 20.3 Å². The molecular formula is C9H10BrNOS. The van der Waals surface area contributed by atoms with Gasteiger partial charge in [-0.05, 0) is 34.1 Å². The molecule has 1 rings (SSSR count). The third-order valence-corrected chi connectivity index (χ3v) is 2.56. The smallest absolute Gasteiger partial charge is 0.254 e. The van der Waals surface area contributed by atoms with E-state index in [1.807, 2.05) is 12.1 Å². The Morgan fingerprint density at radius 1 is 1.46 bits per heavy atom. The van der Waals surface area contributed by atoms with Crippen LogP contribution in [0.1, 0.15) is 10.4 Å². The maximum Gasteiger partial charge on any atom is 0.254 e. The van der Waals surface area contributed by atoms with E-state index in [0.717, 1.165) is 9.37 Å². The van der Waals surface area contributed by atoms with Crippen molar-refractivity contribution < 1.29 is 4.79 Å². The zero-order valence-electron chi connectivity index (χ0n) is 7.41. The standard InChI is InChI=1S/C9H10BrNOS/c1-11(2)9(12)7-5-6(13)3-4-8(7)10/h3-5,13H,1-2H3. The van der Waals surface area contributed by atoms with Crippen LogP contribution in [-0.4, -0.2) is 24.9 Å². The molecule has 0 aliphatic carbocycles. The van der Waals surface area contributed by atoms with Crippen molar-refractivity contribution in [1.29, 1.82) is 0 Å². The van der Waals surface area contributed by atoms with E-state index in [1.54, 1.807) is 20.2 Å². The summed E-state index contributed by atoms with van der Waals surface area (Å²) < 4.78 is 0.795. The maximum atomic E-state index is 11.6. The van der Waals surface area contributed by atoms with Gasteiger partial charge in [-0.3, -0.25) is 4.79 Å². The van der Waals surface area contributed by atoms with Crippen LogP contribution in [0.25, 0.3) is 0 Å². The first kappa shape index (κ1) is 10.6. The molecule has 0 radical (unpaired) electrons. The summed E-state index contributed by atoms with van der Waals surface area (Å²) in [6.07, 6.45) is 0. The molecule has 13 heavy (non-hydrogen) atoms. The molecule has 1 aromatic carbocycles. The normalized spacial score (nSPS) is 9.85. The van der Waals surface area contributed by atoms with Gasteiger partial charge in [-0.15, -0.1) is 12.6 Å². The molecule has 70 valence electrons. The molecule has 1 amide bonds. The molecule has 0 spiro atoms. The first-order valence-corrected chi connectivity index (χ1v) is 4.96. The van der Waals surface area contributed by atoms with Gasteiger partial charge in [-0.25, -0.2) is 0 Å². The number of rotatable bonds is 1. The van der Waals surface area contributed by atoms with Crippen LogP contribution < -0.4 is 0 Å². The Morgan fingerprint density at radius 3 is 2.62 bits per heavy atom. The van der Waals surface area contributed by atoms with E-state index in [4.69, 9.17) is 0 Å². The van der Waals surface area contributed by atoms with Gasteiger partial charge in [-0.2, -0.15) is 0 Å². The Balaban J connectivity index is 3.13. The van der Waals surface area contributed by atoms with Gasteiger partial charge in [0, 0.05) is 23.5 Å². The number of amides is 1. The molecule has 1 aromatic rings.